The summed E-state index contributed by atoms with van der Waals surface area (Å²) in [4.78, 5) is 0.359. The Balaban J connectivity index is 4.67. The first kappa shape index (κ1) is 15.8. The third-order valence-electron chi connectivity index (χ3n) is 2.25. The minimum absolute atomic E-state index is 0.0862. The molecule has 1 atom stereocenters. The Morgan fingerprint density at radius 2 is 1.88 bits per heavy atom. The largest absolute Gasteiger partial charge is 0.393 e. The van der Waals surface area contributed by atoms with Gasteiger partial charge in [0.15, 0.2) is 0 Å². The lowest BCUT2D eigenvalue weighted by Crippen LogP contribution is -2.40. The Bertz CT molecular complexity index is 326. The molecule has 0 spiro atoms. The normalized spacial score (nSPS) is 14.4. The second kappa shape index (κ2) is 6.51. The fourth-order valence-electron chi connectivity index (χ4n) is 1.36. The summed E-state index contributed by atoms with van der Waals surface area (Å²) in [5.41, 5.74) is 5.49. The smallest absolute Gasteiger partial charge is 0.214 e. The molecule has 2 N–H and O–H groups in total. The van der Waals surface area contributed by atoms with Crippen molar-refractivity contribution in [2.24, 2.45) is 17.6 Å². The lowest BCUT2D eigenvalue weighted by molar-refractivity contribution is 0.401. The number of sulfonamides is 1. The quantitative estimate of drug-likeness (QED) is 0.704. The van der Waals surface area contributed by atoms with E-state index in [-0.39, 0.29) is 17.6 Å². The van der Waals surface area contributed by atoms with Gasteiger partial charge in [0.1, 0.15) is 0 Å². The van der Waals surface area contributed by atoms with Crippen molar-refractivity contribution in [3.63, 3.8) is 0 Å². The van der Waals surface area contributed by atoms with Crippen LogP contribution in [-0.4, -0.2) is 36.6 Å². The predicted octanol–water partition coefficient (Wildman–Crippen LogP) is 1.22. The van der Waals surface area contributed by atoms with Crippen LogP contribution in [0.3, 0.4) is 0 Å². The highest BCUT2D eigenvalue weighted by molar-refractivity contribution is 7.89. The molecule has 0 aliphatic carbocycles. The molecule has 0 aliphatic rings. The summed E-state index contributed by atoms with van der Waals surface area (Å²) >= 11 is 4.85. The van der Waals surface area contributed by atoms with Gasteiger partial charge in [-0.25, -0.2) is 12.7 Å². The molecular weight excluding hydrogens is 244 g/mol. The van der Waals surface area contributed by atoms with E-state index in [0.29, 0.717) is 18.1 Å². The third-order valence-corrected chi connectivity index (χ3v) is 4.94. The van der Waals surface area contributed by atoms with Crippen LogP contribution in [0, 0.1) is 11.8 Å². The summed E-state index contributed by atoms with van der Waals surface area (Å²) < 4.78 is 25.4. The second-order valence-corrected chi connectivity index (χ2v) is 6.91. The minimum atomic E-state index is -3.18. The van der Waals surface area contributed by atoms with Crippen LogP contribution in [0.25, 0.3) is 0 Å². The van der Waals surface area contributed by atoms with E-state index in [9.17, 15) is 8.42 Å². The van der Waals surface area contributed by atoms with Gasteiger partial charge in [-0.1, -0.05) is 39.9 Å². The molecule has 96 valence electrons. The lowest BCUT2D eigenvalue weighted by atomic mass is 10.2. The fourth-order valence-corrected chi connectivity index (χ4v) is 3.33. The van der Waals surface area contributed by atoms with Crippen molar-refractivity contribution in [1.29, 1.82) is 0 Å². The number of nitrogens with two attached hydrogens (primary N) is 1. The molecule has 0 amide bonds. The van der Waals surface area contributed by atoms with E-state index in [0.717, 1.165) is 0 Å². The molecule has 16 heavy (non-hydrogen) atoms. The van der Waals surface area contributed by atoms with E-state index in [4.69, 9.17) is 18.0 Å². The number of hydrogen-bond acceptors (Lipinski definition) is 3. The Hall–Kier alpha value is -0.200. The summed E-state index contributed by atoms with van der Waals surface area (Å²) in [6, 6.07) is 0. The molecule has 1 unspecified atom stereocenters. The van der Waals surface area contributed by atoms with Gasteiger partial charge in [0, 0.05) is 19.0 Å². The van der Waals surface area contributed by atoms with Gasteiger partial charge in [-0.2, -0.15) is 0 Å². The monoisotopic (exact) mass is 266 g/mol. The van der Waals surface area contributed by atoms with Crippen LogP contribution < -0.4 is 5.73 Å². The Morgan fingerprint density at radius 3 is 2.19 bits per heavy atom. The van der Waals surface area contributed by atoms with E-state index in [1.54, 1.807) is 0 Å². The molecule has 0 heterocycles. The molecule has 0 aliphatic heterocycles. The number of hydrogen-bond donors (Lipinski definition) is 1. The molecule has 0 fully saturated rings. The first-order valence-electron chi connectivity index (χ1n) is 5.47. The van der Waals surface area contributed by atoms with Gasteiger partial charge < -0.3 is 5.73 Å². The summed E-state index contributed by atoms with van der Waals surface area (Å²) in [5, 5.41) is 0. The number of rotatable bonds is 7. The molecule has 0 radical (unpaired) electrons. The molecule has 0 aromatic carbocycles. The van der Waals surface area contributed by atoms with Crippen molar-refractivity contribution in [3.05, 3.63) is 0 Å². The second-order valence-electron chi connectivity index (χ2n) is 4.43. The maximum Gasteiger partial charge on any atom is 0.214 e. The van der Waals surface area contributed by atoms with E-state index in [1.165, 1.54) is 4.31 Å². The average molecular weight is 266 g/mol. The molecule has 0 aromatic rings. The highest BCUT2D eigenvalue weighted by Gasteiger charge is 2.23. The van der Waals surface area contributed by atoms with Crippen molar-refractivity contribution < 1.29 is 8.42 Å². The summed E-state index contributed by atoms with van der Waals surface area (Å²) in [6.45, 7) is 8.29. The van der Waals surface area contributed by atoms with Crippen molar-refractivity contribution in [2.75, 3.05) is 18.8 Å². The van der Waals surface area contributed by atoms with Crippen LogP contribution in [0.2, 0.25) is 0 Å². The SMILES string of the molecule is CCN(CC(C)C(N)=S)S(=O)(=O)CC(C)C. The van der Waals surface area contributed by atoms with Crippen LogP contribution in [0.5, 0.6) is 0 Å². The molecule has 4 nitrogen and oxygen atoms in total. The maximum absolute atomic E-state index is 12.0. The average Bonchev–Trinajstić information content (AvgIpc) is 2.10. The zero-order chi connectivity index (χ0) is 12.9. The van der Waals surface area contributed by atoms with Gasteiger partial charge in [-0.05, 0) is 5.92 Å². The van der Waals surface area contributed by atoms with E-state index >= 15 is 0 Å². The predicted molar refractivity (Wildman–Crippen MR) is 71.8 cm³/mol. The number of thiocarbonyl (C=S) groups is 1. The van der Waals surface area contributed by atoms with Crippen molar-refractivity contribution in [3.8, 4) is 0 Å². The molecule has 6 heteroatoms. The summed E-state index contributed by atoms with van der Waals surface area (Å²) in [5.74, 6) is 0.210. The van der Waals surface area contributed by atoms with Crippen molar-refractivity contribution in [2.45, 2.75) is 27.7 Å². The molecule has 0 aromatic heterocycles. The fraction of sp³-hybridized carbons (Fsp3) is 0.900. The van der Waals surface area contributed by atoms with Gasteiger partial charge >= 0.3 is 0 Å². The standard InChI is InChI=1S/C10H22N2O2S2/c1-5-12(6-9(4)10(11)15)16(13,14)7-8(2)3/h8-9H,5-7H2,1-4H3,(H2,11,15). The van der Waals surface area contributed by atoms with Gasteiger partial charge in [0.2, 0.25) is 10.0 Å². The Kier molecular flexibility index (Phi) is 6.43. The highest BCUT2D eigenvalue weighted by atomic mass is 32.2. The first-order chi connectivity index (χ1) is 7.20. The van der Waals surface area contributed by atoms with Crippen LogP contribution in [0.15, 0.2) is 0 Å². The molecule has 0 saturated heterocycles. The topological polar surface area (TPSA) is 63.4 Å². The van der Waals surface area contributed by atoms with Crippen LogP contribution >= 0.6 is 12.2 Å². The molecule has 0 rings (SSSR count). The Morgan fingerprint density at radius 1 is 1.38 bits per heavy atom. The van der Waals surface area contributed by atoms with Crippen LogP contribution in [0.4, 0.5) is 0 Å². The van der Waals surface area contributed by atoms with Crippen molar-refractivity contribution >= 4 is 27.2 Å². The molecule has 0 bridgehead atoms. The van der Waals surface area contributed by atoms with Gasteiger partial charge in [-0.15, -0.1) is 0 Å². The van der Waals surface area contributed by atoms with Crippen LogP contribution in [-0.2, 0) is 10.0 Å². The van der Waals surface area contributed by atoms with E-state index < -0.39 is 10.0 Å². The van der Waals surface area contributed by atoms with Gasteiger partial charge in [-0.3, -0.25) is 0 Å². The van der Waals surface area contributed by atoms with E-state index in [2.05, 4.69) is 0 Å². The maximum atomic E-state index is 12.0. The lowest BCUT2D eigenvalue weighted by Gasteiger charge is -2.24. The zero-order valence-electron chi connectivity index (χ0n) is 10.4. The van der Waals surface area contributed by atoms with Gasteiger partial charge in [0.05, 0.1) is 10.7 Å². The molecule has 0 saturated carbocycles. The first-order valence-corrected chi connectivity index (χ1v) is 7.49. The zero-order valence-corrected chi connectivity index (χ0v) is 12.1. The third kappa shape index (κ3) is 5.23. The Labute approximate surface area is 104 Å². The number of nitrogens with zero attached hydrogens (tertiary/aromatic N) is 1. The minimum Gasteiger partial charge on any atom is -0.393 e. The van der Waals surface area contributed by atoms with Crippen LogP contribution in [0.1, 0.15) is 27.7 Å². The van der Waals surface area contributed by atoms with Gasteiger partial charge in [0.25, 0.3) is 0 Å². The van der Waals surface area contributed by atoms with E-state index in [1.807, 2.05) is 27.7 Å². The van der Waals surface area contributed by atoms with Crippen molar-refractivity contribution in [1.82, 2.24) is 4.31 Å². The highest BCUT2D eigenvalue weighted by Crippen LogP contribution is 2.10. The summed E-state index contributed by atoms with van der Waals surface area (Å²) in [6.07, 6.45) is 0. The summed E-state index contributed by atoms with van der Waals surface area (Å²) in [7, 11) is -3.18. The molecular formula is C10H22N2O2S2.